The molecule has 0 aliphatic carbocycles. The standard InChI is InChI=1S/C23H20Cl3N5O/c1-14-21(26)15(2)31(28-14)12-17-4-3-5-18(10-17)23(32)27-22-20(25)13-30(29-22)11-16-6-8-19(24)9-7-16/h3-10,13H,11-12H2,1-2H3,(H,27,29,32). The van der Waals surface area contributed by atoms with Crippen molar-refractivity contribution in [2.45, 2.75) is 26.9 Å². The molecule has 2 aromatic carbocycles. The monoisotopic (exact) mass is 487 g/mol. The molecule has 4 aromatic rings. The van der Waals surface area contributed by atoms with Crippen LogP contribution in [0.15, 0.2) is 54.7 Å². The van der Waals surface area contributed by atoms with E-state index in [0.717, 1.165) is 22.5 Å². The fourth-order valence-corrected chi connectivity index (χ4v) is 3.79. The zero-order valence-corrected chi connectivity index (χ0v) is 19.7. The number of halogens is 3. The number of carbonyl (C=O) groups excluding carboxylic acids is 1. The van der Waals surface area contributed by atoms with Gasteiger partial charge in [0.1, 0.15) is 5.02 Å². The predicted molar refractivity (Wildman–Crippen MR) is 128 cm³/mol. The molecule has 0 unspecified atom stereocenters. The first kappa shape index (κ1) is 22.4. The Morgan fingerprint density at radius 3 is 2.41 bits per heavy atom. The van der Waals surface area contributed by atoms with Crippen molar-refractivity contribution in [1.82, 2.24) is 19.6 Å². The highest BCUT2D eigenvalue weighted by atomic mass is 35.5. The summed E-state index contributed by atoms with van der Waals surface area (Å²) in [4.78, 5) is 12.8. The van der Waals surface area contributed by atoms with Gasteiger partial charge in [-0.15, -0.1) is 0 Å². The lowest BCUT2D eigenvalue weighted by atomic mass is 10.1. The van der Waals surface area contributed by atoms with E-state index in [1.807, 2.05) is 61.0 Å². The van der Waals surface area contributed by atoms with E-state index in [0.29, 0.717) is 39.5 Å². The Balaban J connectivity index is 1.47. The Kier molecular flexibility index (Phi) is 6.55. The summed E-state index contributed by atoms with van der Waals surface area (Å²) in [5, 5.41) is 13.3. The van der Waals surface area contributed by atoms with Crippen molar-refractivity contribution < 1.29 is 4.79 Å². The van der Waals surface area contributed by atoms with Crippen molar-refractivity contribution in [3.63, 3.8) is 0 Å². The number of benzene rings is 2. The highest BCUT2D eigenvalue weighted by Gasteiger charge is 2.14. The minimum absolute atomic E-state index is 0.295. The average Bonchev–Trinajstić information content (AvgIpc) is 3.23. The van der Waals surface area contributed by atoms with Gasteiger partial charge in [-0.05, 0) is 49.2 Å². The second-order valence-electron chi connectivity index (χ2n) is 7.45. The van der Waals surface area contributed by atoms with Crippen LogP contribution in [-0.4, -0.2) is 25.5 Å². The summed E-state index contributed by atoms with van der Waals surface area (Å²) >= 11 is 18.5. The molecular formula is C23H20Cl3N5O. The van der Waals surface area contributed by atoms with E-state index in [-0.39, 0.29) is 5.91 Å². The number of carbonyl (C=O) groups is 1. The van der Waals surface area contributed by atoms with Gasteiger partial charge < -0.3 is 5.32 Å². The van der Waals surface area contributed by atoms with Crippen LogP contribution in [0, 0.1) is 13.8 Å². The van der Waals surface area contributed by atoms with Gasteiger partial charge in [0, 0.05) is 16.8 Å². The lowest BCUT2D eigenvalue weighted by molar-refractivity contribution is 0.102. The van der Waals surface area contributed by atoms with E-state index >= 15 is 0 Å². The van der Waals surface area contributed by atoms with E-state index in [9.17, 15) is 4.79 Å². The van der Waals surface area contributed by atoms with Crippen LogP contribution >= 0.6 is 34.8 Å². The Hall–Kier alpha value is -2.80. The number of hydrogen-bond donors (Lipinski definition) is 1. The second-order valence-corrected chi connectivity index (χ2v) is 8.67. The maximum Gasteiger partial charge on any atom is 0.256 e. The minimum atomic E-state index is -0.295. The molecule has 0 spiro atoms. The van der Waals surface area contributed by atoms with Crippen LogP contribution in [0.2, 0.25) is 15.1 Å². The largest absolute Gasteiger partial charge is 0.304 e. The summed E-state index contributed by atoms with van der Waals surface area (Å²) in [5.74, 6) is 0.0123. The number of aryl methyl sites for hydroxylation is 1. The molecule has 0 atom stereocenters. The first-order chi connectivity index (χ1) is 15.3. The SMILES string of the molecule is Cc1nn(Cc2cccc(C(=O)Nc3nn(Cc4ccc(Cl)cc4)cc3Cl)c2)c(C)c1Cl. The Bertz CT molecular complexity index is 1280. The smallest absolute Gasteiger partial charge is 0.256 e. The first-order valence-corrected chi connectivity index (χ1v) is 11.0. The molecule has 0 aliphatic rings. The molecule has 0 bridgehead atoms. The summed E-state index contributed by atoms with van der Waals surface area (Å²) in [6.45, 7) is 4.80. The van der Waals surface area contributed by atoms with Crippen molar-refractivity contribution in [2.24, 2.45) is 0 Å². The number of aromatic nitrogens is 4. The fraction of sp³-hybridized carbons (Fsp3) is 0.174. The van der Waals surface area contributed by atoms with Crippen LogP contribution in [0.5, 0.6) is 0 Å². The van der Waals surface area contributed by atoms with Crippen molar-refractivity contribution in [3.05, 3.63) is 97.9 Å². The molecule has 1 N–H and O–H groups in total. The third kappa shape index (κ3) is 4.99. The molecule has 2 heterocycles. The van der Waals surface area contributed by atoms with Gasteiger partial charge in [-0.2, -0.15) is 10.2 Å². The molecule has 164 valence electrons. The average molecular weight is 489 g/mol. The Labute approximate surface area is 200 Å². The molecule has 0 saturated carbocycles. The number of hydrogen-bond acceptors (Lipinski definition) is 3. The summed E-state index contributed by atoms with van der Waals surface area (Å²) in [7, 11) is 0. The summed E-state index contributed by atoms with van der Waals surface area (Å²) < 4.78 is 3.49. The molecule has 4 rings (SSSR count). The Morgan fingerprint density at radius 1 is 0.969 bits per heavy atom. The molecule has 32 heavy (non-hydrogen) atoms. The zero-order chi connectivity index (χ0) is 22.8. The van der Waals surface area contributed by atoms with E-state index in [1.54, 1.807) is 16.9 Å². The molecule has 0 fully saturated rings. The van der Waals surface area contributed by atoms with Crippen molar-refractivity contribution in [1.29, 1.82) is 0 Å². The van der Waals surface area contributed by atoms with Crippen LogP contribution in [0.3, 0.4) is 0 Å². The van der Waals surface area contributed by atoms with Gasteiger partial charge in [-0.1, -0.05) is 59.1 Å². The van der Waals surface area contributed by atoms with Crippen molar-refractivity contribution in [2.75, 3.05) is 5.32 Å². The highest BCUT2D eigenvalue weighted by Crippen LogP contribution is 2.22. The molecular weight excluding hydrogens is 469 g/mol. The fourth-order valence-electron chi connectivity index (χ4n) is 3.33. The number of nitrogens with zero attached hydrogens (tertiary/aromatic N) is 4. The lowest BCUT2D eigenvalue weighted by Crippen LogP contribution is -2.14. The molecule has 0 aliphatic heterocycles. The maximum absolute atomic E-state index is 12.8. The molecule has 6 nitrogen and oxygen atoms in total. The minimum Gasteiger partial charge on any atom is -0.304 e. The third-order valence-electron chi connectivity index (χ3n) is 5.02. The van der Waals surface area contributed by atoms with Gasteiger partial charge in [0.25, 0.3) is 5.91 Å². The van der Waals surface area contributed by atoms with Gasteiger partial charge in [0.2, 0.25) is 0 Å². The van der Waals surface area contributed by atoms with Gasteiger partial charge in [0.15, 0.2) is 5.82 Å². The highest BCUT2D eigenvalue weighted by molar-refractivity contribution is 6.33. The number of anilines is 1. The number of nitrogens with one attached hydrogen (secondary N) is 1. The topological polar surface area (TPSA) is 64.7 Å². The van der Waals surface area contributed by atoms with E-state index < -0.39 is 0 Å². The summed E-state index contributed by atoms with van der Waals surface area (Å²) in [6.07, 6.45) is 1.68. The summed E-state index contributed by atoms with van der Waals surface area (Å²) in [5.41, 5.74) is 4.11. The third-order valence-corrected chi connectivity index (χ3v) is 6.10. The number of amides is 1. The van der Waals surface area contributed by atoms with E-state index in [2.05, 4.69) is 15.5 Å². The van der Waals surface area contributed by atoms with Gasteiger partial charge in [-0.3, -0.25) is 14.2 Å². The van der Waals surface area contributed by atoms with Crippen LogP contribution in [-0.2, 0) is 13.1 Å². The number of rotatable bonds is 6. The quantitative estimate of drug-likeness (QED) is 0.362. The second kappa shape index (κ2) is 9.36. The van der Waals surface area contributed by atoms with Crippen LogP contribution in [0.1, 0.15) is 32.9 Å². The molecule has 9 heteroatoms. The Morgan fingerprint density at radius 2 is 1.72 bits per heavy atom. The van der Waals surface area contributed by atoms with Crippen LogP contribution in [0.25, 0.3) is 0 Å². The van der Waals surface area contributed by atoms with Gasteiger partial charge in [0.05, 0.1) is 29.5 Å². The lowest BCUT2D eigenvalue weighted by Gasteiger charge is -2.08. The summed E-state index contributed by atoms with van der Waals surface area (Å²) in [6, 6.07) is 14.8. The van der Waals surface area contributed by atoms with Crippen LogP contribution < -0.4 is 5.32 Å². The zero-order valence-electron chi connectivity index (χ0n) is 17.4. The van der Waals surface area contributed by atoms with Crippen LogP contribution in [0.4, 0.5) is 5.82 Å². The van der Waals surface area contributed by atoms with Crippen molar-refractivity contribution >= 4 is 46.5 Å². The molecule has 0 saturated heterocycles. The molecule has 2 aromatic heterocycles. The normalized spacial score (nSPS) is 11.0. The van der Waals surface area contributed by atoms with Crippen molar-refractivity contribution in [3.8, 4) is 0 Å². The van der Waals surface area contributed by atoms with Gasteiger partial charge in [-0.25, -0.2) is 0 Å². The molecule has 0 radical (unpaired) electrons. The molecule has 1 amide bonds. The first-order valence-electron chi connectivity index (χ1n) is 9.87. The van der Waals surface area contributed by atoms with E-state index in [4.69, 9.17) is 34.8 Å². The predicted octanol–water partition coefficient (Wildman–Crippen LogP) is 6.01. The van der Waals surface area contributed by atoms with Gasteiger partial charge >= 0.3 is 0 Å². The van der Waals surface area contributed by atoms with E-state index in [1.165, 1.54) is 0 Å². The maximum atomic E-state index is 12.8.